The average Bonchev–Trinajstić information content (AvgIpc) is 3.27. The van der Waals surface area contributed by atoms with Crippen molar-refractivity contribution in [2.45, 2.75) is 38.3 Å². The van der Waals surface area contributed by atoms with Crippen molar-refractivity contribution in [3.05, 3.63) is 77.9 Å². The van der Waals surface area contributed by atoms with Crippen molar-refractivity contribution < 1.29 is 14.5 Å². The van der Waals surface area contributed by atoms with Gasteiger partial charge in [0.15, 0.2) is 6.54 Å². The molecule has 0 aromatic heterocycles. The number of nitrogens with one attached hydrogen (secondary N) is 3. The molecule has 160 valence electrons. The van der Waals surface area contributed by atoms with E-state index in [0.29, 0.717) is 17.8 Å². The van der Waals surface area contributed by atoms with Gasteiger partial charge in [-0.3, -0.25) is 9.59 Å². The number of carbonyl (C=O) groups excluding carboxylic acids is 2. The van der Waals surface area contributed by atoms with Crippen LogP contribution in [0.1, 0.15) is 41.6 Å². The topological polar surface area (TPSA) is 62.6 Å². The Bertz CT molecular complexity index is 1070. The number of hydrogen-bond donors (Lipinski definition) is 3. The molecule has 0 aliphatic heterocycles. The molecule has 5 heteroatoms. The van der Waals surface area contributed by atoms with Crippen LogP contribution in [0.15, 0.2) is 66.7 Å². The zero-order chi connectivity index (χ0) is 21.6. The van der Waals surface area contributed by atoms with Crippen molar-refractivity contribution >= 4 is 28.3 Å². The fraction of sp³-hybridized carbons (Fsp3) is 0.308. The fourth-order valence-electron chi connectivity index (χ4n) is 4.35. The van der Waals surface area contributed by atoms with Crippen molar-refractivity contribution in [3.8, 4) is 0 Å². The Morgan fingerprint density at radius 1 is 0.935 bits per heavy atom. The lowest BCUT2D eigenvalue weighted by atomic mass is 10.1. The highest BCUT2D eigenvalue weighted by atomic mass is 16.2. The highest BCUT2D eigenvalue weighted by molar-refractivity contribution is 6.04. The molecular weight excluding hydrogens is 386 g/mol. The molecule has 1 aliphatic carbocycles. The van der Waals surface area contributed by atoms with Gasteiger partial charge in [-0.1, -0.05) is 61.4 Å². The Labute approximate surface area is 183 Å². The second-order valence-electron chi connectivity index (χ2n) is 8.54. The predicted octanol–water partition coefficient (Wildman–Crippen LogP) is 3.17. The molecular formula is C26H30N3O2+. The molecule has 1 saturated carbocycles. The third kappa shape index (κ3) is 5.50. The normalized spacial score (nSPS) is 15.0. The molecule has 31 heavy (non-hydrogen) atoms. The molecule has 3 aromatic rings. The van der Waals surface area contributed by atoms with E-state index in [9.17, 15) is 9.59 Å². The van der Waals surface area contributed by atoms with Crippen LogP contribution in [-0.4, -0.2) is 31.4 Å². The number of rotatable bonds is 7. The molecule has 3 aromatic carbocycles. The first-order valence-electron chi connectivity index (χ1n) is 11.1. The number of anilines is 1. The molecule has 0 radical (unpaired) electrons. The molecule has 0 heterocycles. The maximum Gasteiger partial charge on any atom is 0.279 e. The standard InChI is InChI=1S/C26H29N3O2/c1-29(17-19-14-15-20-8-2-3-9-21(20)16-19)18-25(30)28-24-13-7-6-12-23(24)26(31)27-22-10-4-5-11-22/h2-3,6-9,12-16,22H,4-5,10-11,17-18H2,1H3,(H,27,31)(H,28,30)/p+1. The number of carbonyl (C=O) groups is 2. The van der Waals surface area contributed by atoms with Gasteiger partial charge in [-0.05, 0) is 41.8 Å². The summed E-state index contributed by atoms with van der Waals surface area (Å²) in [5.74, 6) is -0.209. The number of benzene rings is 3. The third-order valence-electron chi connectivity index (χ3n) is 5.92. The summed E-state index contributed by atoms with van der Waals surface area (Å²) in [5.41, 5.74) is 2.29. The fourth-order valence-corrected chi connectivity index (χ4v) is 4.35. The summed E-state index contributed by atoms with van der Waals surface area (Å²) >= 11 is 0. The van der Waals surface area contributed by atoms with Crippen LogP contribution < -0.4 is 15.5 Å². The SMILES string of the molecule is C[NH+](CC(=O)Nc1ccccc1C(=O)NC1CCCC1)Cc1ccc2ccccc2c1. The number of fused-ring (bicyclic) bond motifs is 1. The number of likely N-dealkylation sites (N-methyl/N-ethyl adjacent to an activating group) is 1. The highest BCUT2D eigenvalue weighted by Gasteiger charge is 2.20. The Hall–Kier alpha value is -3.18. The van der Waals surface area contributed by atoms with E-state index in [4.69, 9.17) is 0 Å². The van der Waals surface area contributed by atoms with Gasteiger partial charge >= 0.3 is 0 Å². The Morgan fingerprint density at radius 3 is 2.45 bits per heavy atom. The minimum absolute atomic E-state index is 0.0978. The Balaban J connectivity index is 1.36. The van der Waals surface area contributed by atoms with Gasteiger partial charge in [0, 0.05) is 11.6 Å². The number of quaternary nitrogens is 1. The summed E-state index contributed by atoms with van der Waals surface area (Å²) in [5, 5.41) is 8.47. The van der Waals surface area contributed by atoms with Crippen LogP contribution >= 0.6 is 0 Å². The van der Waals surface area contributed by atoms with E-state index in [1.165, 1.54) is 16.3 Å². The van der Waals surface area contributed by atoms with Gasteiger partial charge in [0.05, 0.1) is 18.3 Å². The van der Waals surface area contributed by atoms with Crippen LogP contribution in [0.5, 0.6) is 0 Å². The van der Waals surface area contributed by atoms with E-state index < -0.39 is 0 Å². The molecule has 1 fully saturated rings. The van der Waals surface area contributed by atoms with E-state index in [1.54, 1.807) is 12.1 Å². The van der Waals surface area contributed by atoms with E-state index in [1.807, 2.05) is 31.3 Å². The third-order valence-corrected chi connectivity index (χ3v) is 5.92. The molecule has 0 bridgehead atoms. The number of amides is 2. The zero-order valence-electron chi connectivity index (χ0n) is 18.0. The number of para-hydroxylation sites is 1. The first-order valence-corrected chi connectivity index (χ1v) is 11.1. The predicted molar refractivity (Wildman–Crippen MR) is 124 cm³/mol. The minimum Gasteiger partial charge on any atom is -0.349 e. The lowest BCUT2D eigenvalue weighted by Crippen LogP contribution is -3.08. The molecule has 1 atom stereocenters. The van der Waals surface area contributed by atoms with Crippen LogP contribution in [0.3, 0.4) is 0 Å². The molecule has 3 N–H and O–H groups in total. The molecule has 1 aliphatic rings. The first-order chi connectivity index (χ1) is 15.1. The van der Waals surface area contributed by atoms with Gasteiger partial charge in [0.1, 0.15) is 6.54 Å². The largest absolute Gasteiger partial charge is 0.349 e. The summed E-state index contributed by atoms with van der Waals surface area (Å²) in [6.07, 6.45) is 4.39. The lowest BCUT2D eigenvalue weighted by molar-refractivity contribution is -0.885. The monoisotopic (exact) mass is 416 g/mol. The van der Waals surface area contributed by atoms with Crippen LogP contribution in [-0.2, 0) is 11.3 Å². The van der Waals surface area contributed by atoms with Gasteiger partial charge in [-0.25, -0.2) is 0 Å². The van der Waals surface area contributed by atoms with Crippen LogP contribution in [0.25, 0.3) is 10.8 Å². The summed E-state index contributed by atoms with van der Waals surface area (Å²) in [7, 11) is 2.01. The van der Waals surface area contributed by atoms with E-state index in [2.05, 4.69) is 41.0 Å². The van der Waals surface area contributed by atoms with Gasteiger partial charge in [-0.2, -0.15) is 0 Å². The van der Waals surface area contributed by atoms with Gasteiger partial charge in [0.25, 0.3) is 11.8 Å². The van der Waals surface area contributed by atoms with Crippen LogP contribution in [0.4, 0.5) is 5.69 Å². The van der Waals surface area contributed by atoms with Crippen LogP contribution in [0.2, 0.25) is 0 Å². The van der Waals surface area contributed by atoms with Gasteiger partial charge in [-0.15, -0.1) is 0 Å². The molecule has 0 spiro atoms. The van der Waals surface area contributed by atoms with E-state index >= 15 is 0 Å². The maximum atomic E-state index is 12.7. The second kappa shape index (κ2) is 9.75. The summed E-state index contributed by atoms with van der Waals surface area (Å²) in [6, 6.07) is 22.2. The molecule has 0 saturated heterocycles. The number of hydrogen-bond acceptors (Lipinski definition) is 2. The van der Waals surface area contributed by atoms with E-state index in [-0.39, 0.29) is 17.9 Å². The Kier molecular flexibility index (Phi) is 6.63. The minimum atomic E-state index is -0.111. The van der Waals surface area contributed by atoms with E-state index in [0.717, 1.165) is 37.1 Å². The Morgan fingerprint density at radius 2 is 1.65 bits per heavy atom. The summed E-state index contributed by atoms with van der Waals surface area (Å²) in [4.78, 5) is 26.5. The van der Waals surface area contributed by atoms with Crippen LogP contribution in [0, 0.1) is 0 Å². The molecule has 4 rings (SSSR count). The quantitative estimate of drug-likeness (QED) is 0.554. The molecule has 2 amide bonds. The lowest BCUT2D eigenvalue weighted by Gasteiger charge is -2.17. The van der Waals surface area contributed by atoms with Crippen molar-refractivity contribution in [2.75, 3.05) is 18.9 Å². The van der Waals surface area contributed by atoms with Gasteiger partial charge in [0.2, 0.25) is 0 Å². The van der Waals surface area contributed by atoms with Crippen molar-refractivity contribution in [2.24, 2.45) is 0 Å². The van der Waals surface area contributed by atoms with Crippen molar-refractivity contribution in [1.29, 1.82) is 0 Å². The maximum absolute atomic E-state index is 12.7. The van der Waals surface area contributed by atoms with Crippen molar-refractivity contribution in [1.82, 2.24) is 5.32 Å². The molecule has 5 nitrogen and oxygen atoms in total. The smallest absolute Gasteiger partial charge is 0.279 e. The van der Waals surface area contributed by atoms with Crippen molar-refractivity contribution in [3.63, 3.8) is 0 Å². The second-order valence-corrected chi connectivity index (χ2v) is 8.54. The summed E-state index contributed by atoms with van der Waals surface area (Å²) < 4.78 is 0. The first kappa shape index (κ1) is 21.1. The highest BCUT2D eigenvalue weighted by Crippen LogP contribution is 2.20. The summed E-state index contributed by atoms with van der Waals surface area (Å²) in [6.45, 7) is 1.08. The average molecular weight is 417 g/mol. The molecule has 1 unspecified atom stereocenters. The zero-order valence-corrected chi connectivity index (χ0v) is 18.0. The van der Waals surface area contributed by atoms with Gasteiger partial charge < -0.3 is 15.5 Å².